The van der Waals surface area contributed by atoms with Crippen LogP contribution < -0.4 is 10.9 Å². The summed E-state index contributed by atoms with van der Waals surface area (Å²) in [6.07, 6.45) is 1.83. The molecule has 0 bridgehead atoms. The molecule has 1 aromatic carbocycles. The van der Waals surface area contributed by atoms with Gasteiger partial charge >= 0.3 is 0 Å². The van der Waals surface area contributed by atoms with Crippen molar-refractivity contribution in [3.8, 4) is 11.6 Å². The van der Waals surface area contributed by atoms with E-state index < -0.39 is 0 Å². The molecule has 0 radical (unpaired) electrons. The van der Waals surface area contributed by atoms with Crippen LogP contribution in [0.15, 0.2) is 35.3 Å². The number of carbonyl (C=O) groups excluding carboxylic acids is 1. The number of nitrogens with zero attached hydrogens (tertiary/aromatic N) is 5. The summed E-state index contributed by atoms with van der Waals surface area (Å²) in [6.45, 7) is 7.58. The average Bonchev–Trinajstić information content (AvgIpc) is 3.27. The van der Waals surface area contributed by atoms with Gasteiger partial charge in [-0.15, -0.1) is 0 Å². The quantitative estimate of drug-likeness (QED) is 0.555. The number of hydrogen-bond acceptors (Lipinski definition) is 5. The highest BCUT2D eigenvalue weighted by Crippen LogP contribution is 2.21. The summed E-state index contributed by atoms with van der Waals surface area (Å²) in [6, 6.07) is 7.61. The van der Waals surface area contributed by atoms with Crippen LogP contribution >= 0.6 is 0 Å². The Morgan fingerprint density at radius 2 is 2.00 bits per heavy atom. The van der Waals surface area contributed by atoms with Crippen molar-refractivity contribution >= 4 is 22.8 Å². The number of anilines is 1. The highest BCUT2D eigenvalue weighted by atomic mass is 16.1. The van der Waals surface area contributed by atoms with Gasteiger partial charge in [-0.3, -0.25) is 14.6 Å². The topological polar surface area (TPSA) is 110 Å². The number of aromatic nitrogens is 6. The second-order valence-electron chi connectivity index (χ2n) is 6.89. The molecule has 3 aromatic heterocycles. The molecule has 0 aliphatic rings. The van der Waals surface area contributed by atoms with Crippen LogP contribution in [0.25, 0.3) is 22.7 Å². The lowest BCUT2D eigenvalue weighted by molar-refractivity contribution is -0.115. The Hall–Kier alpha value is -3.75. The fraction of sp³-hybridized carbons (Fsp3) is 0.250. The Morgan fingerprint density at radius 1 is 1.21 bits per heavy atom. The third-order valence-corrected chi connectivity index (χ3v) is 4.85. The standard InChI is InChI=1S/C20H21N7O2/c1-5-17(28)22-16-9-12(3)25-27(16)20-23-18-14(19(29)24-20)10-21-26(18)15-8-6-7-11(2)13(15)4/h6-10H,5H2,1-4H3,(H,22,28)(H,23,24,29). The predicted octanol–water partition coefficient (Wildman–Crippen LogP) is 2.57. The van der Waals surface area contributed by atoms with Gasteiger partial charge in [-0.05, 0) is 38.0 Å². The fourth-order valence-corrected chi connectivity index (χ4v) is 3.13. The Morgan fingerprint density at radius 3 is 2.76 bits per heavy atom. The van der Waals surface area contributed by atoms with E-state index in [4.69, 9.17) is 0 Å². The molecule has 2 N–H and O–H groups in total. The second-order valence-corrected chi connectivity index (χ2v) is 6.89. The number of benzene rings is 1. The molecule has 0 saturated heterocycles. The smallest absolute Gasteiger partial charge is 0.263 e. The number of aromatic amines is 1. The lowest BCUT2D eigenvalue weighted by Gasteiger charge is -2.10. The highest BCUT2D eigenvalue weighted by molar-refractivity contribution is 5.90. The summed E-state index contributed by atoms with van der Waals surface area (Å²) in [7, 11) is 0. The minimum absolute atomic E-state index is 0.157. The van der Waals surface area contributed by atoms with Crippen molar-refractivity contribution in [1.29, 1.82) is 0 Å². The van der Waals surface area contributed by atoms with Gasteiger partial charge in [0.25, 0.3) is 5.56 Å². The Bertz CT molecular complexity index is 1300. The van der Waals surface area contributed by atoms with Crippen molar-refractivity contribution in [3.63, 3.8) is 0 Å². The second kappa shape index (κ2) is 7.01. The number of H-pyrrole nitrogens is 1. The van der Waals surface area contributed by atoms with E-state index in [0.717, 1.165) is 16.8 Å². The summed E-state index contributed by atoms with van der Waals surface area (Å²) < 4.78 is 3.07. The van der Waals surface area contributed by atoms with Crippen LogP contribution in [0.2, 0.25) is 0 Å². The van der Waals surface area contributed by atoms with Crippen LogP contribution in [0.3, 0.4) is 0 Å². The maximum Gasteiger partial charge on any atom is 0.263 e. The van der Waals surface area contributed by atoms with Crippen molar-refractivity contribution < 1.29 is 4.79 Å². The first-order chi connectivity index (χ1) is 13.9. The lowest BCUT2D eigenvalue weighted by atomic mass is 10.1. The summed E-state index contributed by atoms with van der Waals surface area (Å²) in [5.41, 5.74) is 3.78. The number of carbonyl (C=O) groups is 1. The zero-order valence-corrected chi connectivity index (χ0v) is 16.6. The molecule has 0 unspecified atom stereocenters. The predicted molar refractivity (Wildman–Crippen MR) is 110 cm³/mol. The summed E-state index contributed by atoms with van der Waals surface area (Å²) in [5, 5.41) is 11.9. The Kier molecular flexibility index (Phi) is 4.50. The maximum atomic E-state index is 12.7. The van der Waals surface area contributed by atoms with Gasteiger partial charge in [0.2, 0.25) is 11.9 Å². The van der Waals surface area contributed by atoms with Gasteiger partial charge in [0.15, 0.2) is 5.65 Å². The molecule has 148 valence electrons. The summed E-state index contributed by atoms with van der Waals surface area (Å²) >= 11 is 0. The molecule has 9 heteroatoms. The molecule has 4 rings (SSSR count). The van der Waals surface area contributed by atoms with Gasteiger partial charge in [0, 0.05) is 12.5 Å². The summed E-state index contributed by atoms with van der Waals surface area (Å²) in [4.78, 5) is 31.9. The minimum Gasteiger partial charge on any atom is -0.310 e. The highest BCUT2D eigenvalue weighted by Gasteiger charge is 2.17. The summed E-state index contributed by atoms with van der Waals surface area (Å²) in [5.74, 6) is 0.485. The lowest BCUT2D eigenvalue weighted by Crippen LogP contribution is -2.18. The van der Waals surface area contributed by atoms with Gasteiger partial charge in [-0.25, -0.2) is 4.68 Å². The Balaban J connectivity index is 1.92. The van der Waals surface area contributed by atoms with Crippen LogP contribution in [0, 0.1) is 20.8 Å². The van der Waals surface area contributed by atoms with Crippen molar-refractivity contribution in [2.75, 3.05) is 5.32 Å². The number of amides is 1. The zero-order valence-electron chi connectivity index (χ0n) is 16.6. The molecule has 0 aliphatic heterocycles. The van der Waals surface area contributed by atoms with E-state index in [1.54, 1.807) is 24.6 Å². The first-order valence-electron chi connectivity index (χ1n) is 9.30. The molecule has 0 fully saturated rings. The SMILES string of the molecule is CCC(=O)Nc1cc(C)nn1-c1nc2c(cnn2-c2cccc(C)c2C)c(=O)[nH]1. The van der Waals surface area contributed by atoms with Crippen LogP contribution in [0.1, 0.15) is 30.2 Å². The third-order valence-electron chi connectivity index (χ3n) is 4.85. The van der Waals surface area contributed by atoms with Gasteiger partial charge in [0.05, 0.1) is 17.6 Å². The van der Waals surface area contributed by atoms with Gasteiger partial charge in [-0.2, -0.15) is 19.9 Å². The third kappa shape index (κ3) is 3.20. The van der Waals surface area contributed by atoms with E-state index in [1.165, 1.54) is 10.9 Å². The van der Waals surface area contributed by atoms with Crippen molar-refractivity contribution in [2.24, 2.45) is 0 Å². The molecular weight excluding hydrogens is 370 g/mol. The van der Waals surface area contributed by atoms with E-state index in [2.05, 4.69) is 25.5 Å². The van der Waals surface area contributed by atoms with Crippen LogP contribution in [-0.4, -0.2) is 35.4 Å². The molecule has 0 atom stereocenters. The monoisotopic (exact) mass is 391 g/mol. The Labute approximate surface area is 166 Å². The van der Waals surface area contributed by atoms with E-state index in [-0.39, 0.29) is 17.4 Å². The van der Waals surface area contributed by atoms with E-state index >= 15 is 0 Å². The molecule has 0 spiro atoms. The molecule has 9 nitrogen and oxygen atoms in total. The largest absolute Gasteiger partial charge is 0.310 e. The van der Waals surface area contributed by atoms with Crippen molar-refractivity contribution in [3.05, 3.63) is 57.6 Å². The van der Waals surface area contributed by atoms with Crippen molar-refractivity contribution in [1.82, 2.24) is 29.5 Å². The maximum absolute atomic E-state index is 12.7. The van der Waals surface area contributed by atoms with Crippen LogP contribution in [-0.2, 0) is 4.79 Å². The van der Waals surface area contributed by atoms with Gasteiger partial charge in [0.1, 0.15) is 11.2 Å². The van der Waals surface area contributed by atoms with Gasteiger partial charge < -0.3 is 5.32 Å². The average molecular weight is 391 g/mol. The molecule has 29 heavy (non-hydrogen) atoms. The minimum atomic E-state index is -0.331. The number of rotatable bonds is 4. The van der Waals surface area contributed by atoms with E-state index in [9.17, 15) is 9.59 Å². The number of hydrogen-bond donors (Lipinski definition) is 2. The van der Waals surface area contributed by atoms with Crippen LogP contribution in [0.4, 0.5) is 5.82 Å². The molecule has 4 aromatic rings. The molecule has 0 saturated carbocycles. The number of nitrogens with one attached hydrogen (secondary N) is 2. The fourth-order valence-electron chi connectivity index (χ4n) is 3.13. The van der Waals surface area contributed by atoms with E-state index in [1.807, 2.05) is 32.0 Å². The molecular formula is C20H21N7O2. The first-order valence-corrected chi connectivity index (χ1v) is 9.30. The van der Waals surface area contributed by atoms with Gasteiger partial charge in [-0.1, -0.05) is 19.1 Å². The molecule has 1 amide bonds. The van der Waals surface area contributed by atoms with E-state index in [0.29, 0.717) is 29.0 Å². The first kappa shape index (κ1) is 18.6. The molecule has 0 aliphatic carbocycles. The van der Waals surface area contributed by atoms with Crippen LogP contribution in [0.5, 0.6) is 0 Å². The molecule has 3 heterocycles. The zero-order chi connectivity index (χ0) is 20.7. The normalized spacial score (nSPS) is 11.2. The van der Waals surface area contributed by atoms with Crippen molar-refractivity contribution in [2.45, 2.75) is 34.1 Å². The number of fused-ring (bicyclic) bond motifs is 1. The number of aryl methyl sites for hydroxylation is 2.